The Balaban J connectivity index is 1.55. The second-order valence-electron chi connectivity index (χ2n) is 5.71. The summed E-state index contributed by atoms with van der Waals surface area (Å²) in [6.07, 6.45) is 0.0884. The summed E-state index contributed by atoms with van der Waals surface area (Å²) < 4.78 is 28.9. The molecule has 3 aromatic rings. The monoisotopic (exact) mass is 377 g/mol. The smallest absolute Gasteiger partial charge is 0.230 e. The lowest BCUT2D eigenvalue weighted by atomic mass is 10.1. The quantitative estimate of drug-likeness (QED) is 0.668. The zero-order chi connectivity index (χ0) is 18.7. The number of benzene rings is 1. The summed E-state index contributed by atoms with van der Waals surface area (Å²) in [5.41, 5.74) is 1.49. The lowest BCUT2D eigenvalue weighted by Crippen LogP contribution is -2.27. The van der Waals surface area contributed by atoms with E-state index in [-0.39, 0.29) is 30.2 Å². The fraction of sp³-hybridized carbons (Fsp3) is 0.294. The number of aryl methyl sites for hydroxylation is 2. The minimum absolute atomic E-state index is 0.0269. The summed E-state index contributed by atoms with van der Waals surface area (Å²) in [7, 11) is 0. The van der Waals surface area contributed by atoms with Gasteiger partial charge in [0.05, 0.1) is 5.75 Å². The second-order valence-corrected chi connectivity index (χ2v) is 6.65. The maximum Gasteiger partial charge on any atom is 0.230 e. The van der Waals surface area contributed by atoms with Crippen molar-refractivity contribution in [3.05, 3.63) is 53.0 Å². The maximum atomic E-state index is 13.5. The van der Waals surface area contributed by atoms with Crippen LogP contribution in [-0.4, -0.2) is 37.8 Å². The van der Waals surface area contributed by atoms with E-state index in [1.807, 2.05) is 19.9 Å². The molecule has 3 rings (SSSR count). The SMILES string of the molecule is Cc1cc2nnc(SCC(=O)NCCc3c(F)cccc3F)n2c(C)n1. The summed E-state index contributed by atoms with van der Waals surface area (Å²) in [5, 5.41) is 11.4. The normalized spacial score (nSPS) is 11.1. The average Bonchev–Trinajstić information content (AvgIpc) is 2.99. The summed E-state index contributed by atoms with van der Waals surface area (Å²) in [5.74, 6) is -0.610. The molecule has 2 heterocycles. The van der Waals surface area contributed by atoms with Gasteiger partial charge in [-0.1, -0.05) is 17.8 Å². The fourth-order valence-corrected chi connectivity index (χ4v) is 3.39. The van der Waals surface area contributed by atoms with Gasteiger partial charge in [-0.3, -0.25) is 9.20 Å². The van der Waals surface area contributed by atoms with Crippen molar-refractivity contribution in [2.75, 3.05) is 12.3 Å². The molecular formula is C17H17F2N5OS. The predicted molar refractivity (Wildman–Crippen MR) is 94.1 cm³/mol. The van der Waals surface area contributed by atoms with Gasteiger partial charge in [0.15, 0.2) is 10.8 Å². The molecule has 0 aliphatic rings. The van der Waals surface area contributed by atoms with Gasteiger partial charge >= 0.3 is 0 Å². The van der Waals surface area contributed by atoms with Crippen molar-refractivity contribution >= 4 is 23.3 Å². The second kappa shape index (κ2) is 7.77. The van der Waals surface area contributed by atoms with E-state index in [1.165, 1.54) is 30.0 Å². The van der Waals surface area contributed by atoms with E-state index in [9.17, 15) is 13.6 Å². The number of fused-ring (bicyclic) bond motifs is 1. The minimum Gasteiger partial charge on any atom is -0.355 e. The third-order valence-corrected chi connectivity index (χ3v) is 4.68. The molecule has 2 aromatic heterocycles. The first-order chi connectivity index (χ1) is 12.5. The molecule has 0 saturated heterocycles. The van der Waals surface area contributed by atoms with Crippen molar-refractivity contribution in [1.82, 2.24) is 24.9 Å². The molecule has 9 heteroatoms. The zero-order valence-corrected chi connectivity index (χ0v) is 15.1. The highest BCUT2D eigenvalue weighted by Crippen LogP contribution is 2.18. The van der Waals surface area contributed by atoms with Crippen LogP contribution in [0.25, 0.3) is 5.65 Å². The molecular weight excluding hydrogens is 360 g/mol. The Labute approximate surface area is 153 Å². The van der Waals surface area contributed by atoms with Gasteiger partial charge in [-0.2, -0.15) is 0 Å². The van der Waals surface area contributed by atoms with Crippen LogP contribution in [0.4, 0.5) is 8.78 Å². The van der Waals surface area contributed by atoms with Crippen molar-refractivity contribution < 1.29 is 13.6 Å². The van der Waals surface area contributed by atoms with E-state index in [4.69, 9.17) is 0 Å². The Morgan fingerprint density at radius 1 is 1.23 bits per heavy atom. The van der Waals surface area contributed by atoms with Gasteiger partial charge in [0.25, 0.3) is 0 Å². The fourth-order valence-electron chi connectivity index (χ4n) is 2.58. The van der Waals surface area contributed by atoms with E-state index in [0.29, 0.717) is 10.8 Å². The van der Waals surface area contributed by atoms with Gasteiger partial charge in [0.2, 0.25) is 5.91 Å². The summed E-state index contributed by atoms with van der Waals surface area (Å²) in [4.78, 5) is 16.3. The van der Waals surface area contributed by atoms with Crippen LogP contribution in [-0.2, 0) is 11.2 Å². The van der Waals surface area contributed by atoms with Gasteiger partial charge < -0.3 is 5.32 Å². The molecule has 6 nitrogen and oxygen atoms in total. The van der Waals surface area contributed by atoms with Gasteiger partial charge in [-0.15, -0.1) is 10.2 Å². The molecule has 1 aromatic carbocycles. The molecule has 0 radical (unpaired) electrons. The highest BCUT2D eigenvalue weighted by atomic mass is 32.2. The molecule has 1 N–H and O–H groups in total. The molecule has 0 aliphatic carbocycles. The Hall–Kier alpha value is -2.55. The third-order valence-electron chi connectivity index (χ3n) is 3.75. The predicted octanol–water partition coefficient (Wildman–Crippen LogP) is 2.47. The molecule has 1 amide bonds. The van der Waals surface area contributed by atoms with Crippen molar-refractivity contribution in [2.45, 2.75) is 25.4 Å². The molecule has 0 spiro atoms. The standard InChI is InChI=1S/C17H17F2N5OS/c1-10-8-15-22-23-17(24(15)11(2)21-10)26-9-16(25)20-7-6-12-13(18)4-3-5-14(12)19/h3-5,8H,6-7,9H2,1-2H3,(H,20,25). The molecule has 0 fully saturated rings. The zero-order valence-electron chi connectivity index (χ0n) is 14.3. The first-order valence-electron chi connectivity index (χ1n) is 7.97. The van der Waals surface area contributed by atoms with E-state index < -0.39 is 11.6 Å². The van der Waals surface area contributed by atoms with Gasteiger partial charge in [0, 0.05) is 23.9 Å². The summed E-state index contributed by atoms with van der Waals surface area (Å²) in [6, 6.07) is 5.52. The Bertz CT molecular complexity index is 939. The van der Waals surface area contributed by atoms with Crippen molar-refractivity contribution in [3.63, 3.8) is 0 Å². The summed E-state index contributed by atoms with van der Waals surface area (Å²) >= 11 is 1.23. The van der Waals surface area contributed by atoms with Gasteiger partial charge in [-0.05, 0) is 32.4 Å². The Morgan fingerprint density at radius 2 is 1.96 bits per heavy atom. The lowest BCUT2D eigenvalue weighted by Gasteiger charge is -2.07. The topological polar surface area (TPSA) is 72.2 Å². The Kier molecular flexibility index (Phi) is 5.46. The van der Waals surface area contributed by atoms with E-state index in [0.717, 1.165) is 11.5 Å². The molecule has 0 bridgehead atoms. The van der Waals surface area contributed by atoms with Gasteiger partial charge in [0.1, 0.15) is 17.5 Å². The lowest BCUT2D eigenvalue weighted by molar-refractivity contribution is -0.118. The molecule has 0 atom stereocenters. The largest absolute Gasteiger partial charge is 0.355 e. The number of rotatable bonds is 6. The highest BCUT2D eigenvalue weighted by molar-refractivity contribution is 7.99. The van der Waals surface area contributed by atoms with Crippen molar-refractivity contribution in [3.8, 4) is 0 Å². The van der Waals surface area contributed by atoms with Crippen LogP contribution < -0.4 is 5.32 Å². The third kappa shape index (κ3) is 3.98. The van der Waals surface area contributed by atoms with E-state index in [2.05, 4.69) is 20.5 Å². The molecule has 0 saturated carbocycles. The van der Waals surface area contributed by atoms with E-state index in [1.54, 1.807) is 4.40 Å². The first kappa shape index (κ1) is 18.2. The van der Waals surface area contributed by atoms with Crippen LogP contribution in [0, 0.1) is 25.5 Å². The number of hydrogen-bond donors (Lipinski definition) is 1. The average molecular weight is 377 g/mol. The van der Waals surface area contributed by atoms with E-state index >= 15 is 0 Å². The van der Waals surface area contributed by atoms with Crippen LogP contribution in [0.15, 0.2) is 29.4 Å². The minimum atomic E-state index is -0.609. The summed E-state index contributed by atoms with van der Waals surface area (Å²) in [6.45, 7) is 3.87. The molecule has 26 heavy (non-hydrogen) atoms. The van der Waals surface area contributed by atoms with Crippen molar-refractivity contribution in [2.24, 2.45) is 0 Å². The number of hydrogen-bond acceptors (Lipinski definition) is 5. The Morgan fingerprint density at radius 3 is 2.69 bits per heavy atom. The number of carbonyl (C=O) groups is 1. The molecule has 0 unspecified atom stereocenters. The number of thioether (sulfide) groups is 1. The highest BCUT2D eigenvalue weighted by Gasteiger charge is 2.13. The molecule has 136 valence electrons. The van der Waals surface area contributed by atoms with Crippen LogP contribution in [0.2, 0.25) is 0 Å². The number of nitrogens with zero attached hydrogens (tertiary/aromatic N) is 4. The number of nitrogens with one attached hydrogen (secondary N) is 1. The first-order valence-corrected chi connectivity index (χ1v) is 8.96. The van der Waals surface area contributed by atoms with Crippen molar-refractivity contribution in [1.29, 1.82) is 0 Å². The van der Waals surface area contributed by atoms with Crippen LogP contribution in [0.1, 0.15) is 17.1 Å². The number of amides is 1. The number of aromatic nitrogens is 4. The van der Waals surface area contributed by atoms with Gasteiger partial charge in [-0.25, -0.2) is 13.8 Å². The number of halogens is 2. The van der Waals surface area contributed by atoms with Crippen LogP contribution >= 0.6 is 11.8 Å². The molecule has 0 aliphatic heterocycles. The van der Waals surface area contributed by atoms with Crippen LogP contribution in [0.5, 0.6) is 0 Å². The number of carbonyl (C=O) groups excluding carboxylic acids is 1. The van der Waals surface area contributed by atoms with Crippen LogP contribution in [0.3, 0.4) is 0 Å². The maximum absolute atomic E-state index is 13.5.